The van der Waals surface area contributed by atoms with E-state index in [2.05, 4.69) is 32.3 Å². The maximum absolute atomic E-state index is 12.1. The van der Waals surface area contributed by atoms with Crippen LogP contribution in [-0.2, 0) is 11.4 Å². The third-order valence-corrected chi connectivity index (χ3v) is 6.12. The molecule has 1 fully saturated rings. The second kappa shape index (κ2) is 9.01. The van der Waals surface area contributed by atoms with Crippen LogP contribution >= 0.6 is 15.9 Å². The molecule has 2 heterocycles. The van der Waals surface area contributed by atoms with Gasteiger partial charge in [0.25, 0.3) is 0 Å². The molecule has 162 valence electrons. The molecule has 2 aliphatic rings. The van der Waals surface area contributed by atoms with Crippen LogP contribution in [0, 0.1) is 0 Å². The van der Waals surface area contributed by atoms with Gasteiger partial charge in [-0.25, -0.2) is 0 Å². The van der Waals surface area contributed by atoms with Crippen molar-refractivity contribution in [1.82, 2.24) is 5.32 Å². The molecule has 0 aromatic heterocycles. The molecule has 1 saturated heterocycles. The van der Waals surface area contributed by atoms with E-state index >= 15 is 0 Å². The number of amides is 1. The molecule has 1 amide bonds. The molecule has 0 saturated carbocycles. The van der Waals surface area contributed by atoms with Crippen LogP contribution < -0.4 is 24.3 Å². The van der Waals surface area contributed by atoms with Crippen LogP contribution in [0.15, 0.2) is 51.4 Å². The number of ether oxygens (including phenoxy) is 4. The molecular formula is C23H23BrN2O5. The van der Waals surface area contributed by atoms with Crippen molar-refractivity contribution in [3.05, 3.63) is 57.6 Å². The maximum Gasteiger partial charge on any atom is 0.226 e. The van der Waals surface area contributed by atoms with Gasteiger partial charge < -0.3 is 24.3 Å². The first-order chi connectivity index (χ1) is 15.0. The summed E-state index contributed by atoms with van der Waals surface area (Å²) in [5.74, 6) is 3.10. The van der Waals surface area contributed by atoms with E-state index in [4.69, 9.17) is 18.9 Å². The Morgan fingerprint density at radius 3 is 2.48 bits per heavy atom. The van der Waals surface area contributed by atoms with Crippen molar-refractivity contribution in [3.8, 4) is 23.0 Å². The number of piperidine rings is 1. The van der Waals surface area contributed by atoms with E-state index in [1.165, 1.54) is 0 Å². The highest BCUT2D eigenvalue weighted by Gasteiger charge is 2.32. The van der Waals surface area contributed by atoms with Gasteiger partial charge in [-0.15, -0.1) is 0 Å². The van der Waals surface area contributed by atoms with Crippen LogP contribution in [0.25, 0.3) is 0 Å². The van der Waals surface area contributed by atoms with Gasteiger partial charge in [0.15, 0.2) is 23.0 Å². The van der Waals surface area contributed by atoms with Gasteiger partial charge in [-0.05, 0) is 29.8 Å². The number of nitrogens with zero attached hydrogens (tertiary/aromatic N) is 1. The molecule has 7 nitrogen and oxygen atoms in total. The fourth-order valence-corrected chi connectivity index (χ4v) is 4.24. The summed E-state index contributed by atoms with van der Waals surface area (Å²) in [6, 6.07) is 9.50. The third-order valence-electron chi connectivity index (χ3n) is 5.38. The molecule has 0 radical (unpaired) electrons. The van der Waals surface area contributed by atoms with Gasteiger partial charge in [0.2, 0.25) is 5.91 Å². The van der Waals surface area contributed by atoms with E-state index in [-0.39, 0.29) is 11.8 Å². The minimum Gasteiger partial charge on any atom is -0.493 e. The number of fused-ring (bicyclic) bond motifs is 1. The first-order valence-electron chi connectivity index (χ1n) is 9.80. The number of amidine groups is 1. The van der Waals surface area contributed by atoms with Crippen molar-refractivity contribution in [2.45, 2.75) is 18.9 Å². The summed E-state index contributed by atoms with van der Waals surface area (Å²) in [6.45, 7) is 0.907. The van der Waals surface area contributed by atoms with Crippen LogP contribution in [0.2, 0.25) is 0 Å². The summed E-state index contributed by atoms with van der Waals surface area (Å²) in [6.07, 6.45) is 2.44. The Bertz CT molecular complexity index is 1080. The Hall–Kier alpha value is -3.00. The molecule has 2 aromatic carbocycles. The van der Waals surface area contributed by atoms with E-state index in [1.54, 1.807) is 21.3 Å². The summed E-state index contributed by atoms with van der Waals surface area (Å²) in [5, 5.41) is 2.84. The molecule has 0 bridgehead atoms. The van der Waals surface area contributed by atoms with E-state index in [1.807, 2.05) is 30.3 Å². The average Bonchev–Trinajstić information content (AvgIpc) is 3.25. The van der Waals surface area contributed by atoms with E-state index in [9.17, 15) is 4.79 Å². The zero-order valence-electron chi connectivity index (χ0n) is 17.5. The lowest BCUT2D eigenvalue weighted by Crippen LogP contribution is -2.38. The molecule has 31 heavy (non-hydrogen) atoms. The average molecular weight is 487 g/mol. The van der Waals surface area contributed by atoms with Gasteiger partial charge in [0, 0.05) is 27.9 Å². The quantitative estimate of drug-likeness (QED) is 0.639. The maximum atomic E-state index is 12.1. The normalized spacial score (nSPS) is 17.3. The highest BCUT2D eigenvalue weighted by atomic mass is 79.9. The number of carbonyl (C=O) groups is 1. The number of rotatable bonds is 7. The highest BCUT2D eigenvalue weighted by molar-refractivity contribution is 9.10. The fourth-order valence-electron chi connectivity index (χ4n) is 3.80. The van der Waals surface area contributed by atoms with Gasteiger partial charge in [-0.3, -0.25) is 9.79 Å². The summed E-state index contributed by atoms with van der Waals surface area (Å²) >= 11 is 3.55. The van der Waals surface area contributed by atoms with Crippen LogP contribution in [0.1, 0.15) is 23.5 Å². The number of halogens is 1. The van der Waals surface area contributed by atoms with Crippen LogP contribution in [0.4, 0.5) is 0 Å². The molecule has 1 N–H and O–H groups in total. The van der Waals surface area contributed by atoms with Crippen molar-refractivity contribution < 1.29 is 23.7 Å². The topological polar surface area (TPSA) is 78.4 Å². The number of hydrogen-bond donors (Lipinski definition) is 1. The number of hydrogen-bond acceptors (Lipinski definition) is 6. The van der Waals surface area contributed by atoms with Crippen molar-refractivity contribution in [2.75, 3.05) is 27.9 Å². The molecule has 1 atom stereocenters. The monoisotopic (exact) mass is 486 g/mol. The molecule has 2 aliphatic heterocycles. The standard InChI is InChI=1S/C23H23BrN2O5/c1-28-19-8-13(16-10-22(27)26-23-15(16)6-7-25-23)4-5-18(19)31-12-14-9-20(29-2)21(30-3)11-17(14)24/h4-6,8-9,11,16H,7,10,12H2,1-3H3,(H,25,26,27). The molecule has 4 rings (SSSR count). The molecular weight excluding hydrogens is 464 g/mol. The highest BCUT2D eigenvalue weighted by Crippen LogP contribution is 2.39. The van der Waals surface area contributed by atoms with Gasteiger partial charge in [-0.2, -0.15) is 0 Å². The van der Waals surface area contributed by atoms with Gasteiger partial charge in [0.1, 0.15) is 12.4 Å². The fraction of sp³-hybridized carbons (Fsp3) is 0.304. The number of carbonyl (C=O) groups excluding carboxylic acids is 1. The number of benzene rings is 2. The predicted molar refractivity (Wildman–Crippen MR) is 120 cm³/mol. The Morgan fingerprint density at radius 2 is 1.74 bits per heavy atom. The number of aliphatic imine (C=N–C) groups is 1. The van der Waals surface area contributed by atoms with E-state index < -0.39 is 0 Å². The van der Waals surface area contributed by atoms with Crippen molar-refractivity contribution >= 4 is 27.7 Å². The van der Waals surface area contributed by atoms with Crippen molar-refractivity contribution in [3.63, 3.8) is 0 Å². The zero-order chi connectivity index (χ0) is 22.0. The Labute approximate surface area is 189 Å². The predicted octanol–water partition coefficient (Wildman–Crippen LogP) is 4.00. The number of nitrogens with one attached hydrogen (secondary N) is 1. The minimum atomic E-state index is -0.0436. The first-order valence-corrected chi connectivity index (χ1v) is 10.6. The molecule has 8 heteroatoms. The Kier molecular flexibility index (Phi) is 6.18. The molecule has 1 unspecified atom stereocenters. The lowest BCUT2D eigenvalue weighted by molar-refractivity contribution is -0.120. The molecule has 0 aliphatic carbocycles. The molecule has 2 aromatic rings. The second-order valence-electron chi connectivity index (χ2n) is 7.15. The van der Waals surface area contributed by atoms with Crippen LogP contribution in [0.5, 0.6) is 23.0 Å². The molecule has 0 spiro atoms. The Balaban J connectivity index is 1.56. The van der Waals surface area contributed by atoms with E-state index in [0.29, 0.717) is 48.4 Å². The second-order valence-corrected chi connectivity index (χ2v) is 8.01. The largest absolute Gasteiger partial charge is 0.493 e. The van der Waals surface area contributed by atoms with Gasteiger partial charge >= 0.3 is 0 Å². The minimum absolute atomic E-state index is 0.0274. The van der Waals surface area contributed by atoms with Crippen molar-refractivity contribution in [2.24, 2.45) is 4.99 Å². The number of methoxy groups -OCH3 is 3. The summed E-state index contributed by atoms with van der Waals surface area (Å²) in [7, 11) is 4.80. The summed E-state index contributed by atoms with van der Waals surface area (Å²) in [5.41, 5.74) is 2.96. The van der Waals surface area contributed by atoms with Gasteiger partial charge in [0.05, 0.1) is 27.9 Å². The SMILES string of the molecule is COc1cc(Br)c(COc2ccc(C3CC(=O)NC4=NCC=C43)cc2OC)cc1OC. The Morgan fingerprint density at radius 1 is 1.03 bits per heavy atom. The van der Waals surface area contributed by atoms with Crippen molar-refractivity contribution in [1.29, 1.82) is 0 Å². The van der Waals surface area contributed by atoms with Crippen LogP contribution in [-0.4, -0.2) is 39.6 Å². The first kappa shape index (κ1) is 21.2. The lowest BCUT2D eigenvalue weighted by Gasteiger charge is -2.26. The third kappa shape index (κ3) is 4.25. The van der Waals surface area contributed by atoms with Crippen LogP contribution in [0.3, 0.4) is 0 Å². The van der Waals surface area contributed by atoms with E-state index in [0.717, 1.165) is 21.2 Å². The van der Waals surface area contributed by atoms with Gasteiger partial charge in [-0.1, -0.05) is 28.1 Å². The summed E-state index contributed by atoms with van der Waals surface area (Å²) < 4.78 is 23.2. The smallest absolute Gasteiger partial charge is 0.226 e. The lowest BCUT2D eigenvalue weighted by atomic mass is 9.85. The summed E-state index contributed by atoms with van der Waals surface area (Å²) in [4.78, 5) is 16.5. The zero-order valence-corrected chi connectivity index (χ0v) is 19.1.